The summed E-state index contributed by atoms with van der Waals surface area (Å²) in [5.41, 5.74) is 5.86. The number of nitrogens with one attached hydrogen (secondary N) is 1. The van der Waals surface area contributed by atoms with E-state index >= 15 is 0 Å². The van der Waals surface area contributed by atoms with E-state index in [2.05, 4.69) is 9.97 Å². The summed E-state index contributed by atoms with van der Waals surface area (Å²) < 4.78 is 5.86. The Hall–Kier alpha value is -3.49. The average molecular weight is 364 g/mol. The quantitative estimate of drug-likeness (QED) is 0.363. The van der Waals surface area contributed by atoms with Crippen LogP contribution in [0.4, 0.5) is 10.5 Å². The smallest absolute Gasteiger partial charge is 0.350 e. The monoisotopic (exact) mass is 364 g/mol. The Morgan fingerprint density at radius 1 is 1.19 bits per heavy atom. The lowest BCUT2D eigenvalue weighted by molar-refractivity contribution is 0.246. The largest absolute Gasteiger partial charge is 0.473 e. The van der Waals surface area contributed by atoms with Crippen molar-refractivity contribution in [2.45, 2.75) is 13.5 Å². The molecular weight excluding hydrogens is 344 g/mol. The molecule has 3 rings (SSSR count). The molecule has 0 aliphatic heterocycles. The van der Waals surface area contributed by atoms with Crippen molar-refractivity contribution in [1.29, 1.82) is 0 Å². The number of aryl methyl sites for hydroxylation is 1. The Morgan fingerprint density at radius 3 is 2.74 bits per heavy atom. The Balaban J connectivity index is 1.83. The van der Waals surface area contributed by atoms with Crippen LogP contribution < -0.4 is 26.9 Å². The number of amides is 2. The Morgan fingerprint density at radius 2 is 2.00 bits per heavy atom. The molecule has 0 radical (unpaired) electrons. The predicted molar refractivity (Wildman–Crippen MR) is 102 cm³/mol. The minimum atomic E-state index is -0.626. The molecule has 138 valence electrons. The fourth-order valence-corrected chi connectivity index (χ4v) is 2.60. The fraction of sp³-hybridized carbons (Fsp3) is 0.105. The lowest BCUT2D eigenvalue weighted by atomic mass is 10.1. The SMILES string of the molecule is Cc1cccc(N(N)C(=O)NN)c1COc1cccc(-c2cccnc2)n1. The first-order chi connectivity index (χ1) is 13.1. The molecule has 5 N–H and O–H groups in total. The molecule has 1 aromatic carbocycles. The van der Waals surface area contributed by atoms with Crippen LogP contribution in [0, 0.1) is 6.92 Å². The van der Waals surface area contributed by atoms with Gasteiger partial charge in [0.2, 0.25) is 5.88 Å². The number of anilines is 1. The Kier molecular flexibility index (Phi) is 5.60. The predicted octanol–water partition coefficient (Wildman–Crippen LogP) is 2.29. The zero-order valence-electron chi connectivity index (χ0n) is 14.8. The summed E-state index contributed by atoms with van der Waals surface area (Å²) >= 11 is 0. The van der Waals surface area contributed by atoms with Crippen LogP contribution in [0.15, 0.2) is 60.9 Å². The summed E-state index contributed by atoms with van der Waals surface area (Å²) in [6, 6.07) is 14.1. The maximum Gasteiger partial charge on any atom is 0.350 e. The average Bonchev–Trinajstić information content (AvgIpc) is 2.72. The zero-order valence-corrected chi connectivity index (χ0v) is 14.8. The number of ether oxygens (including phenoxy) is 1. The standard InChI is InChI=1S/C19H20N6O2/c1-13-5-2-8-17(25(21)19(26)24-20)15(13)12-27-18-9-3-7-16(23-18)14-6-4-10-22-11-14/h2-11H,12,20-21H2,1H3,(H,24,26). The van der Waals surface area contributed by atoms with Crippen LogP contribution in [0.2, 0.25) is 0 Å². The van der Waals surface area contributed by atoms with Gasteiger partial charge in [0.05, 0.1) is 11.4 Å². The lowest BCUT2D eigenvalue weighted by Crippen LogP contribution is -2.48. The van der Waals surface area contributed by atoms with Crippen LogP contribution in [-0.2, 0) is 6.61 Å². The van der Waals surface area contributed by atoms with Gasteiger partial charge in [-0.3, -0.25) is 10.4 Å². The second kappa shape index (κ2) is 8.26. The third kappa shape index (κ3) is 4.20. The van der Waals surface area contributed by atoms with Gasteiger partial charge in [0.25, 0.3) is 0 Å². The van der Waals surface area contributed by atoms with Crippen molar-refractivity contribution < 1.29 is 9.53 Å². The molecule has 0 saturated carbocycles. The first-order valence-corrected chi connectivity index (χ1v) is 8.24. The molecule has 2 heterocycles. The van der Waals surface area contributed by atoms with E-state index in [9.17, 15) is 4.79 Å². The summed E-state index contributed by atoms with van der Waals surface area (Å²) in [5.74, 6) is 11.5. The normalized spacial score (nSPS) is 10.3. The number of aromatic nitrogens is 2. The van der Waals surface area contributed by atoms with Gasteiger partial charge in [0.1, 0.15) is 6.61 Å². The third-order valence-electron chi connectivity index (χ3n) is 4.03. The van der Waals surface area contributed by atoms with Crippen molar-refractivity contribution in [2.24, 2.45) is 11.7 Å². The van der Waals surface area contributed by atoms with Crippen LogP contribution in [0.25, 0.3) is 11.3 Å². The maximum atomic E-state index is 11.8. The molecule has 0 bridgehead atoms. The van der Waals surface area contributed by atoms with Gasteiger partial charge in [-0.1, -0.05) is 18.2 Å². The topological polar surface area (TPSA) is 119 Å². The summed E-state index contributed by atoms with van der Waals surface area (Å²) in [6.07, 6.45) is 3.45. The van der Waals surface area contributed by atoms with Crippen LogP contribution in [0.5, 0.6) is 5.88 Å². The molecule has 8 nitrogen and oxygen atoms in total. The number of pyridine rings is 2. The van der Waals surface area contributed by atoms with Crippen LogP contribution in [-0.4, -0.2) is 16.0 Å². The van der Waals surface area contributed by atoms with Crippen LogP contribution in [0.3, 0.4) is 0 Å². The van der Waals surface area contributed by atoms with Crippen LogP contribution in [0.1, 0.15) is 11.1 Å². The van der Waals surface area contributed by atoms with Gasteiger partial charge in [0.15, 0.2) is 0 Å². The van der Waals surface area contributed by atoms with Crippen molar-refractivity contribution in [2.75, 3.05) is 5.01 Å². The number of carbonyl (C=O) groups excluding carboxylic acids is 1. The molecule has 0 unspecified atom stereocenters. The number of carbonyl (C=O) groups is 1. The first-order valence-electron chi connectivity index (χ1n) is 8.24. The van der Waals surface area contributed by atoms with E-state index in [4.69, 9.17) is 16.4 Å². The van der Waals surface area contributed by atoms with Gasteiger partial charge in [-0.15, -0.1) is 0 Å². The Labute approximate surface area is 156 Å². The fourth-order valence-electron chi connectivity index (χ4n) is 2.60. The van der Waals surface area contributed by atoms with E-state index in [1.807, 2.05) is 42.7 Å². The molecule has 27 heavy (non-hydrogen) atoms. The van der Waals surface area contributed by atoms with Gasteiger partial charge < -0.3 is 4.74 Å². The van der Waals surface area contributed by atoms with Crippen molar-refractivity contribution in [3.8, 4) is 17.1 Å². The molecule has 0 saturated heterocycles. The molecule has 0 atom stereocenters. The number of nitrogens with two attached hydrogens (primary N) is 2. The highest BCUT2D eigenvalue weighted by molar-refractivity contribution is 5.91. The van der Waals surface area contributed by atoms with Gasteiger partial charge in [0, 0.05) is 29.6 Å². The van der Waals surface area contributed by atoms with E-state index in [0.717, 1.165) is 27.4 Å². The number of benzene rings is 1. The maximum absolute atomic E-state index is 11.8. The first kappa shape index (κ1) is 18.3. The Bertz CT molecular complexity index is 932. The number of nitrogens with zero attached hydrogens (tertiary/aromatic N) is 3. The minimum absolute atomic E-state index is 0.192. The second-order valence-electron chi connectivity index (χ2n) is 5.78. The summed E-state index contributed by atoms with van der Waals surface area (Å²) in [7, 11) is 0. The highest BCUT2D eigenvalue weighted by Gasteiger charge is 2.16. The summed E-state index contributed by atoms with van der Waals surface area (Å²) in [6.45, 7) is 2.10. The molecule has 2 aromatic heterocycles. The highest BCUT2D eigenvalue weighted by atomic mass is 16.5. The summed E-state index contributed by atoms with van der Waals surface area (Å²) in [5, 5.41) is 0.950. The van der Waals surface area contributed by atoms with Crippen LogP contribution >= 0.6 is 0 Å². The summed E-state index contributed by atoms with van der Waals surface area (Å²) in [4.78, 5) is 20.4. The zero-order chi connectivity index (χ0) is 19.2. The van der Waals surface area contributed by atoms with E-state index in [0.29, 0.717) is 11.6 Å². The van der Waals surface area contributed by atoms with Crippen molar-refractivity contribution in [3.63, 3.8) is 0 Å². The molecule has 3 aromatic rings. The van der Waals surface area contributed by atoms with Gasteiger partial charge in [-0.05, 0) is 36.8 Å². The molecular formula is C19H20N6O2. The highest BCUT2D eigenvalue weighted by Crippen LogP contribution is 2.25. The van der Waals surface area contributed by atoms with Crippen molar-refractivity contribution >= 4 is 11.7 Å². The van der Waals surface area contributed by atoms with E-state index in [-0.39, 0.29) is 6.61 Å². The molecule has 0 aliphatic rings. The number of hydrogen-bond donors (Lipinski definition) is 3. The third-order valence-corrected chi connectivity index (χ3v) is 4.03. The lowest BCUT2D eigenvalue weighted by Gasteiger charge is -2.21. The van der Waals surface area contributed by atoms with Crippen molar-refractivity contribution in [3.05, 3.63) is 72.1 Å². The van der Waals surface area contributed by atoms with Crippen molar-refractivity contribution in [1.82, 2.24) is 15.4 Å². The molecule has 2 amide bonds. The number of urea groups is 1. The molecule has 0 fully saturated rings. The van der Waals surface area contributed by atoms with Gasteiger partial charge in [-0.2, -0.15) is 0 Å². The van der Waals surface area contributed by atoms with E-state index in [1.165, 1.54) is 0 Å². The van der Waals surface area contributed by atoms with Gasteiger partial charge >= 0.3 is 6.03 Å². The molecule has 0 aliphatic carbocycles. The number of hydrogen-bond acceptors (Lipinski definition) is 6. The van der Waals surface area contributed by atoms with E-state index in [1.54, 1.807) is 30.6 Å². The van der Waals surface area contributed by atoms with Gasteiger partial charge in [-0.25, -0.2) is 26.5 Å². The number of rotatable bonds is 5. The van der Waals surface area contributed by atoms with E-state index < -0.39 is 6.03 Å². The molecule has 0 spiro atoms. The number of hydrazine groups is 2. The second-order valence-corrected chi connectivity index (χ2v) is 5.78. The molecule has 8 heteroatoms. The minimum Gasteiger partial charge on any atom is -0.473 e.